The zero-order valence-corrected chi connectivity index (χ0v) is 13.3. The molecule has 106 valence electrons. The van der Waals surface area contributed by atoms with E-state index in [1.165, 1.54) is 17.7 Å². The van der Waals surface area contributed by atoms with Gasteiger partial charge in [-0.1, -0.05) is 76.6 Å². The van der Waals surface area contributed by atoms with E-state index in [0.717, 1.165) is 11.3 Å². The highest BCUT2D eigenvalue weighted by atomic mass is 32.2. The predicted octanol–water partition coefficient (Wildman–Crippen LogP) is 5.26. The molecule has 19 heavy (non-hydrogen) atoms. The Hall–Kier alpha value is -0.730. The molecule has 1 atom stereocenters. The first-order valence-corrected chi connectivity index (χ1v) is 7.88. The summed E-state index contributed by atoms with van der Waals surface area (Å²) in [5.41, 5.74) is -0.125. The van der Waals surface area contributed by atoms with Gasteiger partial charge in [0.2, 0.25) is 0 Å². The molecule has 0 aliphatic heterocycles. The Morgan fingerprint density at radius 3 is 2.42 bits per heavy atom. The van der Waals surface area contributed by atoms with Crippen molar-refractivity contribution in [3.8, 4) is 0 Å². The van der Waals surface area contributed by atoms with Crippen molar-refractivity contribution in [2.45, 2.75) is 58.0 Å². The molecule has 1 nitrogen and oxygen atoms in total. The van der Waals surface area contributed by atoms with Crippen LogP contribution >= 0.6 is 11.8 Å². The lowest BCUT2D eigenvalue weighted by Gasteiger charge is -2.28. The first-order valence-electron chi connectivity index (χ1n) is 7.06. The summed E-state index contributed by atoms with van der Waals surface area (Å²) in [5.74, 6) is 0. The van der Waals surface area contributed by atoms with Gasteiger partial charge in [-0.3, -0.25) is 0 Å². The van der Waals surface area contributed by atoms with E-state index in [4.69, 9.17) is 0 Å². The van der Waals surface area contributed by atoms with Gasteiger partial charge < -0.3 is 5.11 Å². The average Bonchev–Trinajstić information content (AvgIpc) is 2.37. The van der Waals surface area contributed by atoms with Gasteiger partial charge in [-0.15, -0.1) is 0 Å². The highest BCUT2D eigenvalue weighted by Gasteiger charge is 2.26. The molecule has 0 saturated carbocycles. The van der Waals surface area contributed by atoms with Crippen molar-refractivity contribution in [3.63, 3.8) is 0 Å². The van der Waals surface area contributed by atoms with Crippen molar-refractivity contribution in [2.24, 2.45) is 5.41 Å². The van der Waals surface area contributed by atoms with Crippen LogP contribution in [0.25, 0.3) is 0 Å². The number of aliphatic hydroxyl groups is 1. The van der Waals surface area contributed by atoms with Crippen LogP contribution < -0.4 is 0 Å². The Balaban J connectivity index is 2.84. The largest absolute Gasteiger partial charge is 0.387 e. The molecule has 0 aliphatic carbocycles. The van der Waals surface area contributed by atoms with Crippen LogP contribution in [0, 0.1) is 5.41 Å². The first-order chi connectivity index (χ1) is 8.95. The summed E-state index contributed by atoms with van der Waals surface area (Å²) in [6.07, 6.45) is 5.20. The van der Waals surface area contributed by atoms with Gasteiger partial charge in [0.1, 0.15) is 0 Å². The number of aliphatic hydroxyl groups excluding tert-OH is 1. The second kappa shape index (κ2) is 7.76. The Bertz CT molecular complexity index is 389. The van der Waals surface area contributed by atoms with E-state index in [0.29, 0.717) is 0 Å². The van der Waals surface area contributed by atoms with Gasteiger partial charge in [0, 0.05) is 9.80 Å². The van der Waals surface area contributed by atoms with Gasteiger partial charge in [-0.2, -0.15) is 0 Å². The lowest BCUT2D eigenvalue weighted by atomic mass is 9.88. The number of hydrogen-bond acceptors (Lipinski definition) is 2. The number of allylic oxidation sites excluding steroid dienone is 1. The molecule has 0 fully saturated rings. The maximum Gasteiger partial charge on any atom is 0.0896 e. The quantitative estimate of drug-likeness (QED) is 0.566. The first kappa shape index (κ1) is 16.3. The second-order valence-corrected chi connectivity index (χ2v) is 7.08. The summed E-state index contributed by atoms with van der Waals surface area (Å²) in [6, 6.07) is 10.3. The summed E-state index contributed by atoms with van der Waals surface area (Å²) >= 11 is 1.69. The highest BCUT2D eigenvalue weighted by molar-refractivity contribution is 8.03. The maximum atomic E-state index is 10.5. The number of thioether (sulfide) groups is 1. The van der Waals surface area contributed by atoms with E-state index in [-0.39, 0.29) is 5.41 Å². The van der Waals surface area contributed by atoms with Crippen molar-refractivity contribution in [1.29, 1.82) is 0 Å². The standard InChI is InChI=1S/C17H26OS/c1-5-6-8-13-15(16(18)17(2,3)4)19-14-11-9-7-10-12-14/h7,9-13,16,18H,5-6,8H2,1-4H3/b15-13+/t16-/m1/s1. The predicted molar refractivity (Wildman–Crippen MR) is 85.4 cm³/mol. The molecule has 0 bridgehead atoms. The summed E-state index contributed by atoms with van der Waals surface area (Å²) in [7, 11) is 0. The van der Waals surface area contributed by atoms with Crippen molar-refractivity contribution < 1.29 is 5.11 Å². The van der Waals surface area contributed by atoms with Crippen LogP contribution in [-0.4, -0.2) is 11.2 Å². The molecule has 0 radical (unpaired) electrons. The Labute approximate surface area is 122 Å². The smallest absolute Gasteiger partial charge is 0.0896 e. The average molecular weight is 278 g/mol. The SMILES string of the molecule is CCCC/C=C(/Sc1ccccc1)[C@@H](O)C(C)(C)C. The fraction of sp³-hybridized carbons (Fsp3) is 0.529. The lowest BCUT2D eigenvalue weighted by molar-refractivity contribution is 0.102. The zero-order chi connectivity index (χ0) is 14.3. The van der Waals surface area contributed by atoms with Crippen LogP contribution in [0.4, 0.5) is 0 Å². The lowest BCUT2D eigenvalue weighted by Crippen LogP contribution is -2.27. The minimum atomic E-state index is -0.408. The van der Waals surface area contributed by atoms with Crippen LogP contribution in [-0.2, 0) is 0 Å². The van der Waals surface area contributed by atoms with E-state index in [2.05, 4.69) is 45.9 Å². The third-order valence-corrected chi connectivity index (χ3v) is 4.11. The number of rotatable bonds is 6. The molecule has 0 aliphatic rings. The molecule has 0 heterocycles. The van der Waals surface area contributed by atoms with E-state index in [1.807, 2.05) is 18.2 Å². The fourth-order valence-electron chi connectivity index (χ4n) is 1.71. The third-order valence-electron chi connectivity index (χ3n) is 2.97. The summed E-state index contributed by atoms with van der Waals surface area (Å²) in [6.45, 7) is 8.43. The van der Waals surface area contributed by atoms with Crippen molar-refractivity contribution in [3.05, 3.63) is 41.3 Å². The van der Waals surface area contributed by atoms with E-state index >= 15 is 0 Å². The highest BCUT2D eigenvalue weighted by Crippen LogP contribution is 2.36. The molecule has 1 aromatic carbocycles. The van der Waals surface area contributed by atoms with Crippen LogP contribution in [0.15, 0.2) is 46.2 Å². The number of unbranched alkanes of at least 4 members (excludes halogenated alkanes) is 2. The third kappa shape index (κ3) is 5.84. The Kier molecular flexibility index (Phi) is 6.67. The van der Waals surface area contributed by atoms with Gasteiger partial charge in [0.05, 0.1) is 6.10 Å². The maximum absolute atomic E-state index is 10.5. The molecule has 1 N–H and O–H groups in total. The molecule has 0 unspecified atom stereocenters. The van der Waals surface area contributed by atoms with Crippen LogP contribution in [0.3, 0.4) is 0 Å². The van der Waals surface area contributed by atoms with Crippen molar-refractivity contribution in [2.75, 3.05) is 0 Å². The molecular weight excluding hydrogens is 252 g/mol. The molecular formula is C17H26OS. The van der Waals surface area contributed by atoms with E-state index in [1.54, 1.807) is 11.8 Å². The van der Waals surface area contributed by atoms with Gasteiger partial charge in [0.25, 0.3) is 0 Å². The van der Waals surface area contributed by atoms with Gasteiger partial charge >= 0.3 is 0 Å². The van der Waals surface area contributed by atoms with Crippen molar-refractivity contribution in [1.82, 2.24) is 0 Å². The number of benzene rings is 1. The van der Waals surface area contributed by atoms with Crippen LogP contribution in [0.5, 0.6) is 0 Å². The Morgan fingerprint density at radius 2 is 1.89 bits per heavy atom. The van der Waals surface area contributed by atoms with Gasteiger partial charge in [0.15, 0.2) is 0 Å². The molecule has 0 aromatic heterocycles. The Morgan fingerprint density at radius 1 is 1.26 bits per heavy atom. The summed E-state index contributed by atoms with van der Waals surface area (Å²) in [4.78, 5) is 2.26. The number of hydrogen-bond donors (Lipinski definition) is 1. The molecule has 0 saturated heterocycles. The van der Waals surface area contributed by atoms with E-state index in [9.17, 15) is 5.11 Å². The summed E-state index contributed by atoms with van der Waals surface area (Å²) < 4.78 is 0. The molecule has 2 heteroatoms. The normalized spacial score (nSPS) is 14.5. The zero-order valence-electron chi connectivity index (χ0n) is 12.5. The molecule has 0 amide bonds. The molecule has 0 spiro atoms. The van der Waals surface area contributed by atoms with Crippen LogP contribution in [0.1, 0.15) is 47.0 Å². The minimum absolute atomic E-state index is 0.125. The van der Waals surface area contributed by atoms with Gasteiger partial charge in [-0.05, 0) is 24.0 Å². The minimum Gasteiger partial charge on any atom is -0.387 e. The topological polar surface area (TPSA) is 20.2 Å². The second-order valence-electron chi connectivity index (χ2n) is 5.93. The molecule has 1 rings (SSSR count). The fourth-order valence-corrected chi connectivity index (χ4v) is 2.94. The van der Waals surface area contributed by atoms with Crippen molar-refractivity contribution >= 4 is 11.8 Å². The monoisotopic (exact) mass is 278 g/mol. The molecule has 1 aromatic rings. The summed E-state index contributed by atoms with van der Waals surface area (Å²) in [5, 5.41) is 10.5. The van der Waals surface area contributed by atoms with E-state index < -0.39 is 6.10 Å². The van der Waals surface area contributed by atoms with Gasteiger partial charge in [-0.25, -0.2) is 0 Å². The van der Waals surface area contributed by atoms with Crippen LogP contribution in [0.2, 0.25) is 0 Å².